The molecule has 0 atom stereocenters. The lowest BCUT2D eigenvalue weighted by molar-refractivity contribution is -0.137. The van der Waals surface area contributed by atoms with Crippen molar-refractivity contribution >= 4 is 16.9 Å². The van der Waals surface area contributed by atoms with Crippen molar-refractivity contribution in [1.82, 2.24) is 10.1 Å². The van der Waals surface area contributed by atoms with Gasteiger partial charge >= 0.3 is 12.1 Å². The van der Waals surface area contributed by atoms with E-state index in [9.17, 15) is 27.2 Å². The number of hydrogen-bond donors (Lipinski definition) is 1. The normalized spacial score (nSPS) is 11.6. The number of carboxylic acids is 1. The van der Waals surface area contributed by atoms with Crippen LogP contribution in [0.4, 0.5) is 17.6 Å². The second-order valence-corrected chi connectivity index (χ2v) is 8.05. The van der Waals surface area contributed by atoms with Crippen LogP contribution < -0.4 is 10.2 Å². The molecule has 0 unspecified atom stereocenters. The van der Waals surface area contributed by atoms with Gasteiger partial charge in [-0.2, -0.15) is 18.2 Å². The van der Waals surface area contributed by atoms with Crippen molar-refractivity contribution in [3.05, 3.63) is 99.9 Å². The van der Waals surface area contributed by atoms with Crippen molar-refractivity contribution in [2.75, 3.05) is 0 Å². The van der Waals surface area contributed by atoms with E-state index in [0.717, 1.165) is 6.07 Å². The number of ether oxygens (including phenoxy) is 1. The Morgan fingerprint density at radius 3 is 2.47 bits per heavy atom. The van der Waals surface area contributed by atoms with Crippen molar-refractivity contribution in [2.24, 2.45) is 0 Å². The molecule has 0 fully saturated rings. The summed E-state index contributed by atoms with van der Waals surface area (Å²) in [6, 6.07) is 12.1. The molecule has 5 rings (SSSR count). The van der Waals surface area contributed by atoms with Gasteiger partial charge in [0, 0.05) is 11.6 Å². The summed E-state index contributed by atoms with van der Waals surface area (Å²) in [5, 5.41) is 12.9. The zero-order chi connectivity index (χ0) is 27.0. The second-order valence-electron chi connectivity index (χ2n) is 8.05. The topological polar surface area (TPSA) is 116 Å². The number of alkyl halides is 3. The molecule has 0 radical (unpaired) electrons. The van der Waals surface area contributed by atoms with E-state index >= 15 is 0 Å². The van der Waals surface area contributed by atoms with Crippen LogP contribution in [-0.2, 0) is 12.8 Å². The lowest BCUT2D eigenvalue weighted by Gasteiger charge is -2.07. The molecule has 2 heterocycles. The average molecular weight is 526 g/mol. The monoisotopic (exact) mass is 526 g/mol. The summed E-state index contributed by atoms with van der Waals surface area (Å²) >= 11 is 0. The van der Waals surface area contributed by atoms with Crippen LogP contribution in [0.1, 0.15) is 21.7 Å². The van der Waals surface area contributed by atoms with Crippen LogP contribution in [0, 0.1) is 5.82 Å². The van der Waals surface area contributed by atoms with Crippen LogP contribution in [0.15, 0.2) is 80.7 Å². The van der Waals surface area contributed by atoms with Crippen LogP contribution in [0.25, 0.3) is 33.6 Å². The number of hydrogen-bond acceptors (Lipinski definition) is 7. The van der Waals surface area contributed by atoms with Gasteiger partial charge in [0.25, 0.3) is 5.89 Å². The fourth-order valence-corrected chi connectivity index (χ4v) is 3.64. The maximum absolute atomic E-state index is 13.7. The number of nitrogens with zero attached hydrogens (tertiary/aromatic N) is 2. The molecular weight excluding hydrogens is 512 g/mol. The Hall–Kier alpha value is -5.00. The van der Waals surface area contributed by atoms with Gasteiger partial charge in [-0.3, -0.25) is 4.79 Å². The highest BCUT2D eigenvalue weighted by molar-refractivity contribution is 5.89. The maximum Gasteiger partial charge on any atom is 0.416 e. The van der Waals surface area contributed by atoms with Crippen LogP contribution in [0.5, 0.6) is 5.75 Å². The van der Waals surface area contributed by atoms with Crippen molar-refractivity contribution in [3.63, 3.8) is 0 Å². The quantitative estimate of drug-likeness (QED) is 0.270. The zero-order valence-corrected chi connectivity index (χ0v) is 19.0. The Labute approximate surface area is 209 Å². The number of fused-ring (bicyclic) bond motifs is 1. The number of rotatable bonds is 6. The molecule has 38 heavy (non-hydrogen) atoms. The summed E-state index contributed by atoms with van der Waals surface area (Å²) in [6.07, 6.45) is -3.50. The van der Waals surface area contributed by atoms with Gasteiger partial charge < -0.3 is 18.8 Å². The van der Waals surface area contributed by atoms with Gasteiger partial charge in [0.05, 0.1) is 22.1 Å². The van der Waals surface area contributed by atoms with Gasteiger partial charge in [-0.1, -0.05) is 17.3 Å². The summed E-state index contributed by atoms with van der Waals surface area (Å²) in [5.41, 5.74) is -0.744. The van der Waals surface area contributed by atoms with Gasteiger partial charge in [0.1, 0.15) is 23.4 Å². The van der Waals surface area contributed by atoms with E-state index in [1.54, 1.807) is 0 Å². The smallest absolute Gasteiger partial charge is 0.416 e. The third-order valence-corrected chi connectivity index (χ3v) is 5.50. The van der Waals surface area contributed by atoms with E-state index in [2.05, 4.69) is 10.1 Å². The minimum Gasteiger partial charge on any atom is -0.485 e. The zero-order valence-electron chi connectivity index (χ0n) is 19.0. The molecule has 0 amide bonds. The Morgan fingerprint density at radius 2 is 1.76 bits per heavy atom. The second kappa shape index (κ2) is 9.47. The van der Waals surface area contributed by atoms with E-state index in [-0.39, 0.29) is 57.2 Å². The Kier molecular flexibility index (Phi) is 6.15. The summed E-state index contributed by atoms with van der Waals surface area (Å²) in [5.74, 6) is -2.25. The molecule has 2 aromatic heterocycles. The third kappa shape index (κ3) is 4.96. The maximum atomic E-state index is 13.7. The number of carbonyl (C=O) groups is 1. The van der Waals surface area contributed by atoms with Crippen molar-refractivity contribution in [1.29, 1.82) is 0 Å². The molecule has 8 nitrogen and oxygen atoms in total. The molecule has 3 aromatic carbocycles. The molecule has 192 valence electrons. The average Bonchev–Trinajstić information content (AvgIpc) is 3.36. The molecule has 0 saturated heterocycles. The predicted molar refractivity (Wildman–Crippen MR) is 124 cm³/mol. The minimum atomic E-state index is -4.75. The van der Waals surface area contributed by atoms with Crippen LogP contribution in [-0.4, -0.2) is 21.2 Å². The van der Waals surface area contributed by atoms with E-state index in [4.69, 9.17) is 18.8 Å². The van der Waals surface area contributed by atoms with Gasteiger partial charge in [0.15, 0.2) is 12.0 Å². The Balaban J connectivity index is 1.33. The molecule has 0 aliphatic heterocycles. The number of carboxylic acid groups (broad SMARTS) is 1. The Morgan fingerprint density at radius 1 is 1.00 bits per heavy atom. The van der Waals surface area contributed by atoms with Crippen molar-refractivity contribution in [2.45, 2.75) is 12.8 Å². The van der Waals surface area contributed by atoms with E-state index in [1.807, 2.05) is 0 Å². The number of aromatic carboxylic acids is 1. The Bertz CT molecular complexity index is 1730. The predicted octanol–water partition coefficient (Wildman–Crippen LogP) is 5.95. The van der Waals surface area contributed by atoms with Gasteiger partial charge in [-0.25, -0.2) is 9.18 Å². The van der Waals surface area contributed by atoms with Gasteiger partial charge in [-0.15, -0.1) is 0 Å². The van der Waals surface area contributed by atoms with E-state index < -0.39 is 23.5 Å². The summed E-state index contributed by atoms with van der Waals surface area (Å²) in [6.45, 7) is -0.241. The third-order valence-electron chi connectivity index (χ3n) is 5.50. The van der Waals surface area contributed by atoms with Gasteiger partial charge in [-0.05, 0) is 48.0 Å². The molecule has 0 saturated carbocycles. The van der Waals surface area contributed by atoms with Crippen molar-refractivity contribution in [3.8, 4) is 28.3 Å². The largest absolute Gasteiger partial charge is 0.485 e. The fourth-order valence-electron chi connectivity index (χ4n) is 3.64. The summed E-state index contributed by atoms with van der Waals surface area (Å²) in [4.78, 5) is 27.9. The first-order valence-electron chi connectivity index (χ1n) is 10.8. The molecule has 1 N–H and O–H groups in total. The minimum absolute atomic E-state index is 0.0143. The SMILES string of the molecule is O=C(O)c1ccc(-c2coc3cc(OCc4noc(-c5cc(F)cc(C(F)(F)F)c5)n4)ccc3c2=O)cc1. The lowest BCUT2D eigenvalue weighted by atomic mass is 10.0. The number of halogens is 4. The van der Waals surface area contributed by atoms with E-state index in [1.165, 1.54) is 48.7 Å². The highest BCUT2D eigenvalue weighted by Gasteiger charge is 2.32. The summed E-state index contributed by atoms with van der Waals surface area (Å²) < 4.78 is 68.7. The molecule has 0 bridgehead atoms. The summed E-state index contributed by atoms with van der Waals surface area (Å²) in [7, 11) is 0. The standard InChI is InChI=1S/C26H14F4N2O6/c27-17-8-15(7-16(9-17)26(28,29)30)24-31-22(32-38-24)12-36-18-5-6-19-21(10-18)37-11-20(23(19)33)13-1-3-14(4-2-13)25(34)35/h1-11H,12H2,(H,34,35). The van der Waals surface area contributed by atoms with Crippen LogP contribution in [0.3, 0.4) is 0 Å². The molecule has 5 aromatic rings. The number of aromatic nitrogens is 2. The lowest BCUT2D eigenvalue weighted by Crippen LogP contribution is -2.06. The molecular formula is C26H14F4N2O6. The molecule has 0 aliphatic carbocycles. The number of benzene rings is 3. The van der Waals surface area contributed by atoms with E-state index in [0.29, 0.717) is 17.7 Å². The first-order valence-corrected chi connectivity index (χ1v) is 10.8. The van der Waals surface area contributed by atoms with Gasteiger partial charge in [0.2, 0.25) is 5.82 Å². The molecule has 0 spiro atoms. The highest BCUT2D eigenvalue weighted by Crippen LogP contribution is 2.33. The van der Waals surface area contributed by atoms with Crippen LogP contribution >= 0.6 is 0 Å². The fraction of sp³-hybridized carbons (Fsp3) is 0.0769. The highest BCUT2D eigenvalue weighted by atomic mass is 19.4. The molecule has 12 heteroatoms. The van der Waals surface area contributed by atoms with Crippen LogP contribution in [0.2, 0.25) is 0 Å². The first kappa shape index (κ1) is 24.7. The first-order chi connectivity index (χ1) is 18.1. The molecule has 0 aliphatic rings. The van der Waals surface area contributed by atoms with Crippen molar-refractivity contribution < 1.29 is 41.1 Å².